The first-order chi connectivity index (χ1) is 12.3. The van der Waals surface area contributed by atoms with Crippen molar-refractivity contribution >= 4 is 5.78 Å². The van der Waals surface area contributed by atoms with E-state index in [4.69, 9.17) is 4.74 Å². The Balaban J connectivity index is 2.60. The molecule has 26 heavy (non-hydrogen) atoms. The van der Waals surface area contributed by atoms with Gasteiger partial charge in [-0.2, -0.15) is 0 Å². The van der Waals surface area contributed by atoms with E-state index in [2.05, 4.69) is 45.7 Å². The van der Waals surface area contributed by atoms with E-state index in [-0.39, 0.29) is 24.0 Å². The van der Waals surface area contributed by atoms with Crippen molar-refractivity contribution in [2.24, 2.45) is 11.8 Å². The monoisotopic (exact) mass is 363 g/mol. The molecule has 0 aliphatic heterocycles. The Bertz CT molecular complexity index is 471. The summed E-state index contributed by atoms with van der Waals surface area (Å²) in [7, 11) is 0. The van der Waals surface area contributed by atoms with Crippen molar-refractivity contribution in [1.82, 2.24) is 5.32 Å². The van der Waals surface area contributed by atoms with Crippen LogP contribution in [0.4, 0.5) is 0 Å². The molecule has 1 aliphatic carbocycles. The molecule has 0 saturated heterocycles. The summed E-state index contributed by atoms with van der Waals surface area (Å²) >= 11 is 0. The van der Waals surface area contributed by atoms with Gasteiger partial charge in [-0.05, 0) is 56.4 Å². The Labute approximate surface area is 161 Å². The van der Waals surface area contributed by atoms with Gasteiger partial charge < -0.3 is 10.1 Å². The quantitative estimate of drug-likeness (QED) is 0.468. The van der Waals surface area contributed by atoms with Crippen LogP contribution in [-0.4, -0.2) is 30.6 Å². The molecule has 1 rings (SSSR count). The van der Waals surface area contributed by atoms with Gasteiger partial charge in [-0.3, -0.25) is 4.79 Å². The Morgan fingerprint density at radius 2 is 2.08 bits per heavy atom. The molecule has 0 spiro atoms. The molecule has 0 aromatic carbocycles. The highest BCUT2D eigenvalue weighted by Crippen LogP contribution is 2.40. The second-order valence-corrected chi connectivity index (χ2v) is 8.38. The fourth-order valence-corrected chi connectivity index (χ4v) is 4.40. The minimum atomic E-state index is -0.0144. The van der Waals surface area contributed by atoms with Crippen molar-refractivity contribution in [2.75, 3.05) is 13.2 Å². The second-order valence-electron chi connectivity index (χ2n) is 8.38. The molecule has 4 atom stereocenters. The Kier molecular flexibility index (Phi) is 10.4. The van der Waals surface area contributed by atoms with E-state index >= 15 is 0 Å². The first-order valence-corrected chi connectivity index (χ1v) is 10.6. The minimum Gasteiger partial charge on any atom is -0.366 e. The van der Waals surface area contributed by atoms with Gasteiger partial charge in [0, 0.05) is 12.1 Å². The van der Waals surface area contributed by atoms with Gasteiger partial charge >= 0.3 is 0 Å². The highest BCUT2D eigenvalue weighted by Gasteiger charge is 2.37. The predicted octanol–water partition coefficient (Wildman–Crippen LogP) is 5.46. The maximum atomic E-state index is 11.1. The lowest BCUT2D eigenvalue weighted by Crippen LogP contribution is -2.51. The summed E-state index contributed by atoms with van der Waals surface area (Å²) in [6.07, 6.45) is 12.6. The van der Waals surface area contributed by atoms with E-state index in [0.29, 0.717) is 0 Å². The first kappa shape index (κ1) is 23.1. The van der Waals surface area contributed by atoms with E-state index in [1.54, 1.807) is 6.92 Å². The largest absolute Gasteiger partial charge is 0.366 e. The van der Waals surface area contributed by atoms with E-state index in [0.717, 1.165) is 30.4 Å². The molecule has 0 aromatic rings. The van der Waals surface area contributed by atoms with Crippen LogP contribution in [0, 0.1) is 11.8 Å². The molecule has 3 heteroatoms. The summed E-state index contributed by atoms with van der Waals surface area (Å²) < 4.78 is 5.60. The summed E-state index contributed by atoms with van der Waals surface area (Å²) in [6.45, 7) is 15.9. The fourth-order valence-electron chi connectivity index (χ4n) is 4.40. The number of carbonyl (C=O) groups excluding carboxylic acids is 1. The third-order valence-corrected chi connectivity index (χ3v) is 5.60. The number of carbonyl (C=O) groups is 1. The van der Waals surface area contributed by atoms with Crippen LogP contribution in [0.15, 0.2) is 24.3 Å². The van der Waals surface area contributed by atoms with Crippen LogP contribution in [0.25, 0.3) is 0 Å². The average Bonchev–Trinajstić information content (AvgIpc) is 2.59. The van der Waals surface area contributed by atoms with Gasteiger partial charge in [0.05, 0.1) is 6.10 Å². The SMILES string of the molecule is C=C(C=CC(CC)OCC(C)=O)CNC1(CCC)CC(C)CC(CC)C1. The fraction of sp³-hybridized carbons (Fsp3) is 0.783. The number of rotatable bonds is 12. The van der Waals surface area contributed by atoms with Crippen molar-refractivity contribution in [3.8, 4) is 0 Å². The number of hydrogen-bond donors (Lipinski definition) is 1. The molecule has 4 unspecified atom stereocenters. The molecule has 0 bridgehead atoms. The van der Waals surface area contributed by atoms with Crippen molar-refractivity contribution in [3.05, 3.63) is 24.3 Å². The maximum Gasteiger partial charge on any atom is 0.155 e. The van der Waals surface area contributed by atoms with Gasteiger partial charge in [0.1, 0.15) is 6.61 Å². The molecule has 1 fully saturated rings. The number of nitrogens with one attached hydrogen (secondary N) is 1. The zero-order valence-corrected chi connectivity index (χ0v) is 17.8. The first-order valence-electron chi connectivity index (χ1n) is 10.6. The molecule has 0 radical (unpaired) electrons. The van der Waals surface area contributed by atoms with E-state index < -0.39 is 0 Å². The van der Waals surface area contributed by atoms with Crippen LogP contribution in [-0.2, 0) is 9.53 Å². The lowest BCUT2D eigenvalue weighted by atomic mass is 9.68. The molecule has 1 N–H and O–H groups in total. The molecule has 0 amide bonds. The van der Waals surface area contributed by atoms with Gasteiger partial charge in [0.15, 0.2) is 5.78 Å². The number of hydrogen-bond acceptors (Lipinski definition) is 3. The number of ketones is 1. The Morgan fingerprint density at radius 3 is 2.65 bits per heavy atom. The van der Waals surface area contributed by atoms with Gasteiger partial charge in [-0.15, -0.1) is 0 Å². The molecule has 150 valence electrons. The molecular formula is C23H41NO2. The summed E-state index contributed by atoms with van der Waals surface area (Å²) in [6, 6.07) is 0. The molecule has 3 nitrogen and oxygen atoms in total. The Hall–Kier alpha value is -0.930. The molecule has 1 aliphatic rings. The van der Waals surface area contributed by atoms with Crippen molar-refractivity contribution in [1.29, 1.82) is 0 Å². The van der Waals surface area contributed by atoms with Gasteiger partial charge in [0.2, 0.25) is 0 Å². The summed E-state index contributed by atoms with van der Waals surface area (Å²) in [4.78, 5) is 11.1. The molecule has 1 saturated carbocycles. The highest BCUT2D eigenvalue weighted by molar-refractivity contribution is 5.76. The van der Waals surface area contributed by atoms with Crippen molar-refractivity contribution in [2.45, 2.75) is 91.2 Å². The van der Waals surface area contributed by atoms with Crippen molar-refractivity contribution < 1.29 is 9.53 Å². The lowest BCUT2D eigenvalue weighted by Gasteiger charge is -2.45. The summed E-state index contributed by atoms with van der Waals surface area (Å²) in [5, 5.41) is 3.88. The topological polar surface area (TPSA) is 38.3 Å². The normalized spacial score (nSPS) is 27.6. The number of Topliss-reactive ketones (excluding diaryl/α,β-unsaturated/α-hetero) is 1. The Morgan fingerprint density at radius 1 is 1.35 bits per heavy atom. The van der Waals surface area contributed by atoms with Crippen molar-refractivity contribution in [3.63, 3.8) is 0 Å². The molecular weight excluding hydrogens is 322 g/mol. The van der Waals surface area contributed by atoms with Crippen LogP contribution in [0.3, 0.4) is 0 Å². The van der Waals surface area contributed by atoms with Gasteiger partial charge in [-0.25, -0.2) is 0 Å². The third kappa shape index (κ3) is 8.18. The summed E-state index contributed by atoms with van der Waals surface area (Å²) in [5.74, 6) is 1.70. The van der Waals surface area contributed by atoms with Crippen LogP contribution in [0.5, 0.6) is 0 Å². The number of ether oxygens (including phenoxy) is 1. The predicted molar refractivity (Wildman–Crippen MR) is 111 cm³/mol. The van der Waals surface area contributed by atoms with Gasteiger partial charge in [0.25, 0.3) is 0 Å². The summed E-state index contributed by atoms with van der Waals surface area (Å²) in [5.41, 5.74) is 1.34. The van der Waals surface area contributed by atoms with Crippen LogP contribution < -0.4 is 5.32 Å². The van der Waals surface area contributed by atoms with Gasteiger partial charge in [-0.1, -0.05) is 59.3 Å². The van der Waals surface area contributed by atoms with E-state index in [1.165, 1.54) is 38.5 Å². The zero-order valence-electron chi connectivity index (χ0n) is 17.8. The smallest absolute Gasteiger partial charge is 0.155 e. The van der Waals surface area contributed by atoms with Crippen LogP contribution in [0.2, 0.25) is 0 Å². The van der Waals surface area contributed by atoms with Crippen LogP contribution >= 0.6 is 0 Å². The zero-order chi connectivity index (χ0) is 19.6. The molecule has 0 heterocycles. The maximum absolute atomic E-state index is 11.1. The third-order valence-electron chi connectivity index (χ3n) is 5.60. The van der Waals surface area contributed by atoms with E-state index in [9.17, 15) is 4.79 Å². The lowest BCUT2D eigenvalue weighted by molar-refractivity contribution is -0.122. The standard InChI is InChI=1S/C23H41NO2/c1-7-12-23(14-19(5)13-21(8-2)15-23)24-16-18(4)10-11-22(9-3)26-17-20(6)25/h10-11,19,21-22,24H,4,7-9,12-17H2,1-3,5-6H3. The average molecular weight is 364 g/mol. The van der Waals surface area contributed by atoms with Crippen LogP contribution in [0.1, 0.15) is 79.6 Å². The van der Waals surface area contributed by atoms with E-state index in [1.807, 2.05) is 6.08 Å². The highest BCUT2D eigenvalue weighted by atomic mass is 16.5. The minimum absolute atomic E-state index is 0.0144. The second kappa shape index (κ2) is 11.7. The molecule has 0 aromatic heterocycles.